The van der Waals surface area contributed by atoms with Gasteiger partial charge in [-0.1, -0.05) is 11.6 Å². The van der Waals surface area contributed by atoms with Gasteiger partial charge >= 0.3 is 5.97 Å². The van der Waals surface area contributed by atoms with Crippen LogP contribution in [0.5, 0.6) is 5.75 Å². The Bertz CT molecular complexity index is 451. The Morgan fingerprint density at radius 2 is 1.87 bits per heavy atom. The van der Waals surface area contributed by atoms with Crippen molar-refractivity contribution in [1.82, 2.24) is 0 Å². The van der Waals surface area contributed by atoms with Crippen LogP contribution in [-0.2, 0) is 4.79 Å². The topological polar surface area (TPSA) is 74.6 Å². The molecule has 1 aromatic carbocycles. The summed E-state index contributed by atoms with van der Waals surface area (Å²) in [4.78, 5) is 21.8. The maximum Gasteiger partial charge on any atom is 0.377 e. The zero-order valence-electron chi connectivity index (χ0n) is 8.17. The number of rotatable bonds is 2. The van der Waals surface area contributed by atoms with Crippen LogP contribution in [0.2, 0.25) is 5.02 Å². The first kappa shape index (κ1) is 11.5. The van der Waals surface area contributed by atoms with Gasteiger partial charge in [0.2, 0.25) is 0 Å². The second kappa shape index (κ2) is 3.90. The molecular weight excluding hydrogens is 220 g/mol. The van der Waals surface area contributed by atoms with Crippen molar-refractivity contribution in [2.24, 2.45) is 0 Å². The molecule has 0 unspecified atom stereocenters. The third-order valence-electron chi connectivity index (χ3n) is 2.11. The molecule has 0 amide bonds. The highest BCUT2D eigenvalue weighted by atomic mass is 35.5. The van der Waals surface area contributed by atoms with Crippen molar-refractivity contribution in [2.75, 3.05) is 0 Å². The molecule has 5 heteroatoms. The SMILES string of the molecule is Cc1cc(Cl)c(C)c(O)c1C(=O)C(=O)O. The quantitative estimate of drug-likeness (QED) is 0.599. The van der Waals surface area contributed by atoms with Crippen LogP contribution in [0.25, 0.3) is 0 Å². The van der Waals surface area contributed by atoms with Crippen molar-refractivity contribution in [3.8, 4) is 5.75 Å². The molecule has 80 valence electrons. The Labute approximate surface area is 91.1 Å². The number of carboxylic acid groups (broad SMARTS) is 1. The number of aromatic hydroxyl groups is 1. The standard InChI is InChI=1S/C10H9ClO4/c1-4-3-6(11)5(2)8(12)7(4)9(13)10(14)15/h3,12H,1-2H3,(H,14,15). The molecule has 1 rings (SSSR count). The number of ketones is 1. The summed E-state index contributed by atoms with van der Waals surface area (Å²) in [6.07, 6.45) is 0. The normalized spacial score (nSPS) is 10.1. The highest BCUT2D eigenvalue weighted by Gasteiger charge is 2.23. The Hall–Kier alpha value is -1.55. The molecule has 0 spiro atoms. The molecule has 0 saturated carbocycles. The lowest BCUT2D eigenvalue weighted by atomic mass is 10.00. The number of carbonyl (C=O) groups is 2. The van der Waals surface area contributed by atoms with Gasteiger partial charge in [-0.25, -0.2) is 4.79 Å². The van der Waals surface area contributed by atoms with Gasteiger partial charge in [-0.3, -0.25) is 4.79 Å². The minimum Gasteiger partial charge on any atom is -0.507 e. The van der Waals surface area contributed by atoms with Gasteiger partial charge in [-0.15, -0.1) is 0 Å². The Kier molecular flexibility index (Phi) is 3.00. The van der Waals surface area contributed by atoms with Crippen LogP contribution >= 0.6 is 11.6 Å². The lowest BCUT2D eigenvalue weighted by molar-refractivity contribution is -0.131. The number of phenols is 1. The highest BCUT2D eigenvalue weighted by Crippen LogP contribution is 2.31. The van der Waals surface area contributed by atoms with Crippen molar-refractivity contribution in [2.45, 2.75) is 13.8 Å². The molecule has 0 aromatic heterocycles. The van der Waals surface area contributed by atoms with Gasteiger partial charge in [0.25, 0.3) is 5.78 Å². The molecule has 0 radical (unpaired) electrons. The smallest absolute Gasteiger partial charge is 0.377 e. The number of carbonyl (C=O) groups excluding carboxylic acids is 1. The van der Waals surface area contributed by atoms with E-state index in [0.29, 0.717) is 16.1 Å². The summed E-state index contributed by atoms with van der Waals surface area (Å²) in [7, 11) is 0. The fourth-order valence-corrected chi connectivity index (χ4v) is 1.50. The third kappa shape index (κ3) is 1.94. The number of hydrogen-bond acceptors (Lipinski definition) is 3. The second-order valence-electron chi connectivity index (χ2n) is 3.16. The van der Waals surface area contributed by atoms with Crippen molar-refractivity contribution < 1.29 is 19.8 Å². The fraction of sp³-hybridized carbons (Fsp3) is 0.200. The Morgan fingerprint density at radius 1 is 1.33 bits per heavy atom. The second-order valence-corrected chi connectivity index (χ2v) is 3.57. The van der Waals surface area contributed by atoms with Crippen molar-refractivity contribution in [1.29, 1.82) is 0 Å². The zero-order chi connectivity index (χ0) is 11.7. The van der Waals surface area contributed by atoms with Crippen LogP contribution in [0.4, 0.5) is 0 Å². The molecular formula is C10H9ClO4. The summed E-state index contributed by atoms with van der Waals surface area (Å²) >= 11 is 5.76. The van der Waals surface area contributed by atoms with E-state index in [2.05, 4.69) is 0 Å². The average molecular weight is 229 g/mol. The molecule has 0 aliphatic carbocycles. The molecule has 15 heavy (non-hydrogen) atoms. The number of phenolic OH excluding ortho intramolecular Hbond substituents is 1. The molecule has 0 atom stereocenters. The number of aryl methyl sites for hydroxylation is 1. The van der Waals surface area contributed by atoms with Crippen LogP contribution < -0.4 is 0 Å². The molecule has 0 aliphatic rings. The van der Waals surface area contributed by atoms with Gasteiger partial charge in [0.1, 0.15) is 5.75 Å². The van der Waals surface area contributed by atoms with E-state index in [0.717, 1.165) is 0 Å². The Balaban J connectivity index is 3.49. The van der Waals surface area contributed by atoms with E-state index < -0.39 is 11.8 Å². The van der Waals surface area contributed by atoms with E-state index in [1.165, 1.54) is 19.9 Å². The molecule has 0 bridgehead atoms. The van der Waals surface area contributed by atoms with E-state index in [9.17, 15) is 14.7 Å². The summed E-state index contributed by atoms with van der Waals surface area (Å²) in [5, 5.41) is 18.5. The minimum atomic E-state index is -1.60. The van der Waals surface area contributed by atoms with E-state index >= 15 is 0 Å². The number of halogens is 1. The summed E-state index contributed by atoms with van der Waals surface area (Å²) in [6, 6.07) is 1.45. The van der Waals surface area contributed by atoms with Crippen LogP contribution in [0.1, 0.15) is 21.5 Å². The monoisotopic (exact) mass is 228 g/mol. The van der Waals surface area contributed by atoms with E-state index in [1.54, 1.807) is 0 Å². The summed E-state index contributed by atoms with van der Waals surface area (Å²) in [5.74, 6) is -3.10. The third-order valence-corrected chi connectivity index (χ3v) is 2.50. The van der Waals surface area contributed by atoms with Crippen LogP contribution in [0.3, 0.4) is 0 Å². The predicted molar refractivity (Wildman–Crippen MR) is 54.6 cm³/mol. The van der Waals surface area contributed by atoms with Crippen molar-refractivity contribution in [3.63, 3.8) is 0 Å². The van der Waals surface area contributed by atoms with Crippen LogP contribution in [-0.4, -0.2) is 22.0 Å². The lowest BCUT2D eigenvalue weighted by Gasteiger charge is -2.09. The molecule has 2 N–H and O–H groups in total. The van der Waals surface area contributed by atoms with Crippen molar-refractivity contribution in [3.05, 3.63) is 27.8 Å². The molecule has 4 nitrogen and oxygen atoms in total. The highest BCUT2D eigenvalue weighted by molar-refractivity contribution is 6.41. The number of benzene rings is 1. The summed E-state index contributed by atoms with van der Waals surface area (Å²) in [6.45, 7) is 3.02. The first-order valence-electron chi connectivity index (χ1n) is 4.12. The van der Waals surface area contributed by atoms with Gasteiger partial charge in [0, 0.05) is 10.6 Å². The molecule has 0 fully saturated rings. The summed E-state index contributed by atoms with van der Waals surface area (Å²) < 4.78 is 0. The first-order valence-corrected chi connectivity index (χ1v) is 4.50. The number of hydrogen-bond donors (Lipinski definition) is 2. The van der Waals surface area contributed by atoms with Gasteiger partial charge in [0.15, 0.2) is 0 Å². The van der Waals surface area contributed by atoms with Gasteiger partial charge in [-0.2, -0.15) is 0 Å². The molecule has 1 aromatic rings. The van der Waals surface area contributed by atoms with Crippen molar-refractivity contribution >= 4 is 23.4 Å². The largest absolute Gasteiger partial charge is 0.507 e. The minimum absolute atomic E-state index is 0.204. The van der Waals surface area contributed by atoms with E-state index in [1.807, 2.05) is 0 Å². The summed E-state index contributed by atoms with van der Waals surface area (Å²) in [5.41, 5.74) is 0.437. The molecule has 0 saturated heterocycles. The van der Waals surface area contributed by atoms with Gasteiger partial charge in [-0.05, 0) is 25.5 Å². The maximum absolute atomic E-state index is 11.2. The van der Waals surface area contributed by atoms with Crippen LogP contribution in [0, 0.1) is 13.8 Å². The zero-order valence-corrected chi connectivity index (χ0v) is 8.92. The maximum atomic E-state index is 11.2. The number of carboxylic acids is 1. The lowest BCUT2D eigenvalue weighted by Crippen LogP contribution is -2.14. The van der Waals surface area contributed by atoms with Gasteiger partial charge < -0.3 is 10.2 Å². The Morgan fingerprint density at radius 3 is 2.33 bits per heavy atom. The van der Waals surface area contributed by atoms with E-state index in [-0.39, 0.29) is 11.3 Å². The van der Waals surface area contributed by atoms with Crippen LogP contribution in [0.15, 0.2) is 6.07 Å². The number of Topliss-reactive ketones (excluding diaryl/α,β-unsaturated/α-hetero) is 1. The molecule has 0 aliphatic heterocycles. The first-order chi connectivity index (χ1) is 6.86. The number of aliphatic carboxylic acids is 1. The van der Waals surface area contributed by atoms with E-state index in [4.69, 9.17) is 16.7 Å². The van der Waals surface area contributed by atoms with Gasteiger partial charge in [0.05, 0.1) is 5.56 Å². The predicted octanol–water partition coefficient (Wildman–Crippen LogP) is 1.93. The molecule has 0 heterocycles. The fourth-order valence-electron chi connectivity index (χ4n) is 1.25. The average Bonchev–Trinajstić information content (AvgIpc) is 2.14.